The largest absolute Gasteiger partial charge is 0.464 e. The van der Waals surface area contributed by atoms with Gasteiger partial charge in [0.2, 0.25) is 0 Å². The van der Waals surface area contributed by atoms with Crippen LogP contribution < -0.4 is 15.6 Å². The first kappa shape index (κ1) is 45.9. The van der Waals surface area contributed by atoms with Crippen LogP contribution >= 0.6 is 11.3 Å². The Labute approximate surface area is 380 Å². The van der Waals surface area contributed by atoms with E-state index < -0.39 is 35.5 Å². The fraction of sp³-hybridized carbons (Fsp3) is 0.596. The van der Waals surface area contributed by atoms with Crippen LogP contribution in [0.3, 0.4) is 0 Å². The molecule has 3 aromatic heterocycles. The number of thiazole rings is 1. The normalized spacial score (nSPS) is 23.7. The molecule has 64 heavy (non-hydrogen) atoms. The molecule has 2 N–H and O–H groups in total. The molecule has 4 aliphatic heterocycles. The summed E-state index contributed by atoms with van der Waals surface area (Å²) in [6, 6.07) is 6.38. The molecule has 1 aromatic carbocycles. The number of hydrogen-bond donors (Lipinski definition) is 2. The van der Waals surface area contributed by atoms with Gasteiger partial charge in [-0.3, -0.25) is 19.6 Å². The summed E-state index contributed by atoms with van der Waals surface area (Å²) < 4.78 is 26.3. The lowest BCUT2D eigenvalue weighted by Gasteiger charge is -2.42. The third kappa shape index (κ3) is 9.24. The van der Waals surface area contributed by atoms with E-state index in [1.54, 1.807) is 19.1 Å². The maximum absolute atomic E-state index is 14.7. The molecule has 0 saturated carbocycles. The highest BCUT2D eigenvalue weighted by Gasteiger charge is 2.42. The number of rotatable bonds is 10. The Bertz CT molecular complexity index is 2320. The number of aromatic nitrogens is 3. The van der Waals surface area contributed by atoms with Crippen molar-refractivity contribution in [3.8, 4) is 22.5 Å². The molecule has 0 aliphatic carbocycles. The fourth-order valence-corrected chi connectivity index (χ4v) is 10.4. The minimum Gasteiger partial charge on any atom is -0.464 e. The standard InChI is InChI=1S/C47H65N9O7S/c1-9-54-38-14-13-30-22-33(38)35(41(54)34-23-32(25-48-39(34)29(3)61-8)53-20-18-52(6)19-21-53)24-47(4,5)28-63-45(58)36-12-11-16-56(51-36)44(57)40(42(62-10-2)43-49-37(30)27-64-43)50-46(59)55-17-15-31(55)26-60-7/h13-14,22-23,25,27,29,31,36,40,42,51H,9-12,15-21,24,26,28H2,1-8H3,(H,50,59)/t29-,31-,36-,40-,42-/m0/s1. The number of likely N-dealkylation sites (tertiary alicyclic amines) is 1. The summed E-state index contributed by atoms with van der Waals surface area (Å²) >= 11 is 1.40. The zero-order valence-corrected chi connectivity index (χ0v) is 39.5. The molecule has 3 amide bonds. The van der Waals surface area contributed by atoms with E-state index in [4.69, 9.17) is 28.9 Å². The second-order valence-corrected chi connectivity index (χ2v) is 19.2. The maximum atomic E-state index is 14.7. The minimum absolute atomic E-state index is 0.0946. The van der Waals surface area contributed by atoms with E-state index in [0.29, 0.717) is 50.5 Å². The molecule has 0 radical (unpaired) electrons. The van der Waals surface area contributed by atoms with Gasteiger partial charge in [-0.1, -0.05) is 19.9 Å². The van der Waals surface area contributed by atoms with Crippen molar-refractivity contribution in [3.05, 3.63) is 52.1 Å². The van der Waals surface area contributed by atoms with Crippen LogP contribution in [0.1, 0.15) is 82.4 Å². The van der Waals surface area contributed by atoms with Crippen molar-refractivity contribution in [2.45, 2.75) is 97.2 Å². The Balaban J connectivity index is 1.28. The predicted molar refractivity (Wildman–Crippen MR) is 247 cm³/mol. The Morgan fingerprint density at radius 2 is 1.88 bits per heavy atom. The Morgan fingerprint density at radius 3 is 2.58 bits per heavy atom. The van der Waals surface area contributed by atoms with Crippen LogP contribution in [0, 0.1) is 5.41 Å². The molecular formula is C47H65N9O7S. The second-order valence-electron chi connectivity index (χ2n) is 18.3. The first-order valence-corrected chi connectivity index (χ1v) is 23.7. The molecule has 4 aliphatic rings. The summed E-state index contributed by atoms with van der Waals surface area (Å²) in [6.45, 7) is 16.5. The number of ether oxygens (including phenoxy) is 4. The van der Waals surface area contributed by atoms with Crippen molar-refractivity contribution < 1.29 is 33.3 Å². The van der Waals surface area contributed by atoms with Gasteiger partial charge in [0.25, 0.3) is 5.91 Å². The van der Waals surface area contributed by atoms with Gasteiger partial charge in [0.1, 0.15) is 23.2 Å². The summed E-state index contributed by atoms with van der Waals surface area (Å²) in [5, 5.41) is 8.10. The molecule has 17 heteroatoms. The molecule has 3 fully saturated rings. The highest BCUT2D eigenvalue weighted by molar-refractivity contribution is 7.10. The van der Waals surface area contributed by atoms with E-state index in [1.807, 2.05) is 25.4 Å². The van der Waals surface area contributed by atoms with Crippen LogP contribution in [-0.2, 0) is 41.5 Å². The third-order valence-electron chi connectivity index (χ3n) is 13.3. The van der Waals surface area contributed by atoms with Crippen LogP contribution in [0.15, 0.2) is 35.8 Å². The Morgan fingerprint density at radius 1 is 1.08 bits per heavy atom. The molecule has 8 rings (SSSR count). The first-order chi connectivity index (χ1) is 30.8. The van der Waals surface area contributed by atoms with Crippen LogP contribution in [0.25, 0.3) is 33.4 Å². The van der Waals surface area contributed by atoms with Gasteiger partial charge in [-0.2, -0.15) is 0 Å². The number of methoxy groups -OCH3 is 2. The number of amides is 3. The lowest BCUT2D eigenvalue weighted by molar-refractivity contribution is -0.156. The number of cyclic esters (lactones) is 1. The number of anilines is 1. The number of benzene rings is 1. The molecule has 0 unspecified atom stereocenters. The second kappa shape index (κ2) is 19.4. The van der Waals surface area contributed by atoms with E-state index in [2.05, 4.69) is 77.2 Å². The average molecular weight is 900 g/mol. The van der Waals surface area contributed by atoms with Gasteiger partial charge in [-0.15, -0.1) is 11.3 Å². The van der Waals surface area contributed by atoms with Gasteiger partial charge in [-0.25, -0.2) is 15.2 Å². The smallest absolute Gasteiger partial charge is 0.324 e. The average Bonchev–Trinajstić information content (AvgIpc) is 3.90. The highest BCUT2D eigenvalue weighted by atomic mass is 32.1. The van der Waals surface area contributed by atoms with Gasteiger partial charge in [-0.05, 0) is 77.3 Å². The minimum atomic E-state index is -1.15. The summed E-state index contributed by atoms with van der Waals surface area (Å²) in [5.41, 5.74) is 10.5. The summed E-state index contributed by atoms with van der Waals surface area (Å²) in [6.07, 6.45) is 3.25. The van der Waals surface area contributed by atoms with E-state index in [9.17, 15) is 14.4 Å². The van der Waals surface area contributed by atoms with Gasteiger partial charge >= 0.3 is 12.0 Å². The number of pyridine rings is 1. The monoisotopic (exact) mass is 899 g/mol. The molecule has 0 spiro atoms. The summed E-state index contributed by atoms with van der Waals surface area (Å²) in [5.74, 6) is -0.848. The van der Waals surface area contributed by atoms with Crippen molar-refractivity contribution >= 4 is 45.8 Å². The number of hydrogen-bond acceptors (Lipinski definition) is 13. The van der Waals surface area contributed by atoms with E-state index in [-0.39, 0.29) is 31.4 Å². The molecule has 6 bridgehead atoms. The molecular weight excluding hydrogens is 835 g/mol. The van der Waals surface area contributed by atoms with Crippen molar-refractivity contribution in [3.63, 3.8) is 0 Å². The number of esters is 1. The van der Waals surface area contributed by atoms with Gasteiger partial charge in [0.15, 0.2) is 0 Å². The third-order valence-corrected chi connectivity index (χ3v) is 14.2. The number of hydrazine groups is 1. The maximum Gasteiger partial charge on any atom is 0.324 e. The quantitative estimate of drug-likeness (QED) is 0.185. The molecule has 7 heterocycles. The van der Waals surface area contributed by atoms with Crippen LogP contribution in [0.2, 0.25) is 0 Å². The fourth-order valence-electron chi connectivity index (χ4n) is 9.50. The first-order valence-electron chi connectivity index (χ1n) is 22.8. The number of fused-ring (bicyclic) bond motifs is 6. The lowest BCUT2D eigenvalue weighted by Crippen LogP contribution is -2.64. The summed E-state index contributed by atoms with van der Waals surface area (Å²) in [7, 11) is 5.49. The van der Waals surface area contributed by atoms with Crippen molar-refractivity contribution in [1.82, 2.24) is 40.1 Å². The lowest BCUT2D eigenvalue weighted by atomic mass is 9.84. The zero-order chi connectivity index (χ0) is 45.3. The number of nitrogens with zero attached hydrogens (tertiary/aromatic N) is 7. The number of urea groups is 1. The highest BCUT2D eigenvalue weighted by Crippen LogP contribution is 2.43. The topological polar surface area (TPSA) is 156 Å². The van der Waals surface area contributed by atoms with Gasteiger partial charge in [0, 0.05) is 99.5 Å². The Kier molecular flexibility index (Phi) is 13.9. The van der Waals surface area contributed by atoms with Gasteiger partial charge < -0.3 is 43.5 Å². The van der Waals surface area contributed by atoms with Crippen molar-refractivity contribution in [1.29, 1.82) is 0 Å². The molecule has 4 aromatic rings. The molecule has 5 atom stereocenters. The number of piperazine rings is 1. The van der Waals surface area contributed by atoms with Gasteiger partial charge in [0.05, 0.1) is 54.3 Å². The van der Waals surface area contributed by atoms with E-state index in [1.165, 1.54) is 16.3 Å². The zero-order valence-electron chi connectivity index (χ0n) is 38.6. The van der Waals surface area contributed by atoms with E-state index in [0.717, 1.165) is 83.0 Å². The summed E-state index contributed by atoms with van der Waals surface area (Å²) in [4.78, 5) is 59.4. The SMILES string of the molecule is CCO[C@@H]1c2nc(cs2)-c2ccc3c(c2)c(c(-c2cc(N4CCN(C)CC4)cnc2[C@H](C)OC)n3CC)CC(C)(C)COC(=O)[C@@H]2CCCN(N2)C(=O)[C@H]1NC(=O)N1CC[C@H]1COC. The van der Waals surface area contributed by atoms with Crippen molar-refractivity contribution in [2.24, 2.45) is 5.41 Å². The molecule has 346 valence electrons. The number of carbonyl (C=O) groups excluding carboxylic acids is 3. The van der Waals surface area contributed by atoms with Crippen LogP contribution in [-0.4, -0.2) is 146 Å². The van der Waals surface area contributed by atoms with Crippen molar-refractivity contribution in [2.75, 3.05) is 85.3 Å². The molecule has 3 saturated heterocycles. The number of carbonyl (C=O) groups is 3. The number of aryl methyl sites for hydroxylation is 1. The van der Waals surface area contributed by atoms with Crippen LogP contribution in [0.4, 0.5) is 10.5 Å². The van der Waals surface area contributed by atoms with E-state index >= 15 is 0 Å². The van der Waals surface area contributed by atoms with Crippen LogP contribution in [0.5, 0.6) is 0 Å². The number of likely N-dealkylation sites (N-methyl/N-ethyl adjacent to an activating group) is 1. The predicted octanol–water partition coefficient (Wildman–Crippen LogP) is 5.80. The Hall–Kier alpha value is -4.65. The molecule has 16 nitrogen and oxygen atoms in total. The number of nitrogens with one attached hydrogen (secondary N) is 2.